The molecule has 1 saturated heterocycles. The molecule has 1 heterocycles. The summed E-state index contributed by atoms with van der Waals surface area (Å²) >= 11 is 5.81. The zero-order valence-electron chi connectivity index (χ0n) is 14.9. The van der Waals surface area contributed by atoms with E-state index in [1.807, 2.05) is 0 Å². The van der Waals surface area contributed by atoms with E-state index in [1.54, 1.807) is 11.0 Å². The first-order chi connectivity index (χ1) is 13.4. The van der Waals surface area contributed by atoms with Crippen LogP contribution in [0.25, 0.3) is 0 Å². The number of hydrogen-bond donors (Lipinski definition) is 0. The summed E-state index contributed by atoms with van der Waals surface area (Å²) in [7, 11) is 0.536. The summed E-state index contributed by atoms with van der Waals surface area (Å²) in [5.41, 5.74) is 0.110. The molecule has 0 unspecified atom stereocenters. The average Bonchev–Trinajstić information content (AvgIpc) is 2.69. The van der Waals surface area contributed by atoms with Gasteiger partial charge in [0.2, 0.25) is 5.75 Å². The van der Waals surface area contributed by atoms with Crippen LogP contribution in [0.15, 0.2) is 36.4 Å². The van der Waals surface area contributed by atoms with Crippen molar-refractivity contribution in [3.05, 3.63) is 57.1 Å². The molecule has 28 heavy (non-hydrogen) atoms. The minimum Gasteiger partial charge on any atom is -0.493 e. The third-order valence-electron chi connectivity index (χ3n) is 4.21. The molecule has 10 heteroatoms. The Kier molecular flexibility index (Phi) is 6.15. The quantitative estimate of drug-likeness (QED) is 0.539. The Morgan fingerprint density at radius 2 is 1.82 bits per heavy atom. The SMILES string of the molecule is COc1cc(C(=O)N2CCS(=O)CC2)ccc1Oc1ccc(Cl)cc1[N+](=O)[O-]. The number of ether oxygens (including phenoxy) is 2. The monoisotopic (exact) mass is 424 g/mol. The fourth-order valence-electron chi connectivity index (χ4n) is 2.75. The fourth-order valence-corrected chi connectivity index (χ4v) is 3.96. The molecule has 0 radical (unpaired) electrons. The molecule has 0 aromatic heterocycles. The molecule has 3 rings (SSSR count). The lowest BCUT2D eigenvalue weighted by molar-refractivity contribution is -0.385. The molecule has 2 aromatic rings. The lowest BCUT2D eigenvalue weighted by atomic mass is 10.1. The van der Waals surface area contributed by atoms with Gasteiger partial charge in [-0.05, 0) is 30.3 Å². The first kappa shape index (κ1) is 20.1. The molecule has 1 fully saturated rings. The molecule has 0 N–H and O–H groups in total. The number of hydrogen-bond acceptors (Lipinski definition) is 6. The van der Waals surface area contributed by atoms with E-state index in [1.165, 1.54) is 37.4 Å². The first-order valence-corrected chi connectivity index (χ1v) is 10.2. The van der Waals surface area contributed by atoms with Crippen LogP contribution in [0.5, 0.6) is 17.2 Å². The van der Waals surface area contributed by atoms with Crippen LogP contribution < -0.4 is 9.47 Å². The molecule has 0 bridgehead atoms. The van der Waals surface area contributed by atoms with Gasteiger partial charge in [-0.2, -0.15) is 0 Å². The summed E-state index contributed by atoms with van der Waals surface area (Å²) in [6, 6.07) is 8.67. The van der Waals surface area contributed by atoms with Gasteiger partial charge in [-0.3, -0.25) is 19.1 Å². The zero-order chi connectivity index (χ0) is 20.3. The van der Waals surface area contributed by atoms with Crippen molar-refractivity contribution in [3.8, 4) is 17.2 Å². The van der Waals surface area contributed by atoms with Crippen LogP contribution in [-0.4, -0.2) is 51.6 Å². The molecule has 1 amide bonds. The highest BCUT2D eigenvalue weighted by atomic mass is 35.5. The summed E-state index contributed by atoms with van der Waals surface area (Å²) < 4.78 is 22.4. The third kappa shape index (κ3) is 4.42. The average molecular weight is 425 g/mol. The number of carbonyl (C=O) groups excluding carboxylic acids is 1. The molecule has 2 aromatic carbocycles. The highest BCUT2D eigenvalue weighted by molar-refractivity contribution is 7.85. The molecular formula is C18H17ClN2O6S. The van der Waals surface area contributed by atoms with Crippen LogP contribution >= 0.6 is 11.6 Å². The summed E-state index contributed by atoms with van der Waals surface area (Å²) in [6.45, 7) is 0.867. The van der Waals surface area contributed by atoms with E-state index in [0.29, 0.717) is 30.2 Å². The first-order valence-electron chi connectivity index (χ1n) is 8.33. The van der Waals surface area contributed by atoms with Gasteiger partial charge in [0.15, 0.2) is 11.5 Å². The predicted molar refractivity (Wildman–Crippen MR) is 105 cm³/mol. The van der Waals surface area contributed by atoms with Crippen LogP contribution in [-0.2, 0) is 10.8 Å². The Morgan fingerprint density at radius 1 is 1.14 bits per heavy atom. The van der Waals surface area contributed by atoms with Crippen molar-refractivity contribution in [1.82, 2.24) is 4.90 Å². The fraction of sp³-hybridized carbons (Fsp3) is 0.278. The Hall–Kier alpha value is -2.65. The maximum Gasteiger partial charge on any atom is 0.313 e. The van der Waals surface area contributed by atoms with Gasteiger partial charge in [-0.15, -0.1) is 0 Å². The number of carbonyl (C=O) groups is 1. The van der Waals surface area contributed by atoms with Crippen molar-refractivity contribution >= 4 is 34.0 Å². The van der Waals surface area contributed by atoms with E-state index in [4.69, 9.17) is 21.1 Å². The molecule has 0 aliphatic carbocycles. The van der Waals surface area contributed by atoms with Gasteiger partial charge >= 0.3 is 5.69 Å². The standard InChI is InChI=1S/C18H17ClN2O6S/c1-26-17-10-12(18(22)20-6-8-28(25)9-7-20)2-4-16(17)27-15-5-3-13(19)11-14(15)21(23)24/h2-5,10-11H,6-9H2,1H3. The number of nitro groups is 1. The molecule has 0 spiro atoms. The highest BCUT2D eigenvalue weighted by Crippen LogP contribution is 2.38. The van der Waals surface area contributed by atoms with Gasteiger partial charge in [0, 0.05) is 52.0 Å². The van der Waals surface area contributed by atoms with Gasteiger partial charge in [0.05, 0.1) is 12.0 Å². The van der Waals surface area contributed by atoms with Crippen molar-refractivity contribution in [2.24, 2.45) is 0 Å². The van der Waals surface area contributed by atoms with Crippen LogP contribution in [0.4, 0.5) is 5.69 Å². The van der Waals surface area contributed by atoms with Crippen LogP contribution in [0.2, 0.25) is 5.02 Å². The number of benzene rings is 2. The number of nitrogens with zero attached hydrogens (tertiary/aromatic N) is 2. The summed E-state index contributed by atoms with van der Waals surface area (Å²) in [6.07, 6.45) is 0. The Labute approximate surface area is 168 Å². The van der Waals surface area contributed by atoms with Gasteiger partial charge in [0.25, 0.3) is 5.91 Å². The van der Waals surface area contributed by atoms with Crippen LogP contribution in [0, 0.1) is 10.1 Å². The number of rotatable bonds is 5. The normalized spacial score (nSPS) is 14.6. The largest absolute Gasteiger partial charge is 0.493 e. The predicted octanol–water partition coefficient (Wildman–Crippen LogP) is 3.25. The molecular weight excluding hydrogens is 408 g/mol. The van der Waals surface area contributed by atoms with Crippen molar-refractivity contribution in [3.63, 3.8) is 0 Å². The van der Waals surface area contributed by atoms with E-state index in [9.17, 15) is 19.1 Å². The maximum atomic E-state index is 12.7. The van der Waals surface area contributed by atoms with Crippen molar-refractivity contribution < 1.29 is 23.4 Å². The molecule has 1 aliphatic rings. The van der Waals surface area contributed by atoms with E-state index < -0.39 is 15.7 Å². The Bertz CT molecular complexity index is 942. The van der Waals surface area contributed by atoms with Crippen molar-refractivity contribution in [2.75, 3.05) is 31.7 Å². The second kappa shape index (κ2) is 8.57. The van der Waals surface area contributed by atoms with Gasteiger partial charge in [0.1, 0.15) is 0 Å². The van der Waals surface area contributed by atoms with E-state index in [2.05, 4.69) is 0 Å². The van der Waals surface area contributed by atoms with Crippen LogP contribution in [0.1, 0.15) is 10.4 Å². The second-order valence-corrected chi connectivity index (χ2v) is 8.11. The van der Waals surface area contributed by atoms with E-state index in [-0.39, 0.29) is 33.9 Å². The lowest BCUT2D eigenvalue weighted by Gasteiger charge is -2.26. The zero-order valence-corrected chi connectivity index (χ0v) is 16.5. The van der Waals surface area contributed by atoms with Gasteiger partial charge in [-0.1, -0.05) is 11.6 Å². The van der Waals surface area contributed by atoms with E-state index >= 15 is 0 Å². The number of amides is 1. The molecule has 0 saturated carbocycles. The number of methoxy groups -OCH3 is 1. The summed E-state index contributed by atoms with van der Waals surface area (Å²) in [5.74, 6) is 1.22. The van der Waals surface area contributed by atoms with Crippen molar-refractivity contribution in [1.29, 1.82) is 0 Å². The smallest absolute Gasteiger partial charge is 0.313 e. The lowest BCUT2D eigenvalue weighted by Crippen LogP contribution is -2.41. The molecule has 148 valence electrons. The molecule has 8 nitrogen and oxygen atoms in total. The topological polar surface area (TPSA) is 99.0 Å². The highest BCUT2D eigenvalue weighted by Gasteiger charge is 2.23. The molecule has 0 atom stereocenters. The third-order valence-corrected chi connectivity index (χ3v) is 5.72. The van der Waals surface area contributed by atoms with Crippen LogP contribution in [0.3, 0.4) is 0 Å². The minimum atomic E-state index is -0.877. The number of halogens is 1. The maximum absolute atomic E-state index is 12.7. The number of nitro benzene ring substituents is 1. The van der Waals surface area contributed by atoms with E-state index in [0.717, 1.165) is 0 Å². The van der Waals surface area contributed by atoms with Gasteiger partial charge < -0.3 is 14.4 Å². The Morgan fingerprint density at radius 3 is 2.46 bits per heavy atom. The second-order valence-electron chi connectivity index (χ2n) is 5.98. The molecule has 1 aliphatic heterocycles. The Balaban J connectivity index is 1.85. The summed E-state index contributed by atoms with van der Waals surface area (Å²) in [5, 5.41) is 11.4. The van der Waals surface area contributed by atoms with Gasteiger partial charge in [-0.25, -0.2) is 0 Å². The minimum absolute atomic E-state index is 0.00489. The summed E-state index contributed by atoms with van der Waals surface area (Å²) in [4.78, 5) is 24.9. The van der Waals surface area contributed by atoms with Crippen molar-refractivity contribution in [2.45, 2.75) is 0 Å².